The smallest absolute Gasteiger partial charge is 0.105 e. The van der Waals surface area contributed by atoms with E-state index in [-0.39, 0.29) is 6.04 Å². The van der Waals surface area contributed by atoms with Crippen LogP contribution in [0, 0.1) is 13.8 Å². The molecule has 0 fully saturated rings. The second-order valence-corrected chi connectivity index (χ2v) is 3.66. The van der Waals surface area contributed by atoms with Gasteiger partial charge in [-0.1, -0.05) is 6.92 Å². The summed E-state index contributed by atoms with van der Waals surface area (Å²) in [5.74, 6) is 7.29. The molecule has 0 aliphatic carbocycles. The second-order valence-electron chi connectivity index (χ2n) is 3.66. The Bertz CT molecular complexity index is 297. The largest absolute Gasteiger partial charge is 0.466 e. The van der Waals surface area contributed by atoms with Gasteiger partial charge in [-0.2, -0.15) is 0 Å². The minimum atomic E-state index is 0.00833. The molecule has 1 aromatic heterocycles. The van der Waals surface area contributed by atoms with Crippen molar-refractivity contribution in [1.82, 2.24) is 5.43 Å². The molecule has 3 N–H and O–H groups in total. The number of hydrogen-bond acceptors (Lipinski definition) is 4. The molecule has 0 saturated heterocycles. The predicted molar refractivity (Wildman–Crippen MR) is 59.4 cm³/mol. The van der Waals surface area contributed by atoms with Gasteiger partial charge >= 0.3 is 0 Å². The van der Waals surface area contributed by atoms with E-state index in [9.17, 15) is 0 Å². The summed E-state index contributed by atoms with van der Waals surface area (Å²) >= 11 is 0. The number of nitrogens with one attached hydrogen (secondary N) is 1. The molecule has 1 rings (SSSR count). The fraction of sp³-hybridized carbons (Fsp3) is 0.636. The van der Waals surface area contributed by atoms with Crippen LogP contribution in [-0.2, 0) is 4.74 Å². The molecule has 0 saturated carbocycles. The van der Waals surface area contributed by atoms with Gasteiger partial charge in [0.2, 0.25) is 0 Å². The number of aryl methyl sites for hydroxylation is 2. The van der Waals surface area contributed by atoms with E-state index in [0.29, 0.717) is 6.61 Å². The van der Waals surface area contributed by atoms with Crippen molar-refractivity contribution in [3.8, 4) is 0 Å². The summed E-state index contributed by atoms with van der Waals surface area (Å²) in [6.07, 6.45) is 1.01. The SMILES string of the molecule is CCCOCC(NN)c1cc(C)oc1C. The van der Waals surface area contributed by atoms with Crippen LogP contribution in [0.5, 0.6) is 0 Å². The Balaban J connectivity index is 2.61. The first kappa shape index (κ1) is 12.2. The highest BCUT2D eigenvalue weighted by Gasteiger charge is 2.15. The lowest BCUT2D eigenvalue weighted by Gasteiger charge is -2.15. The van der Waals surface area contributed by atoms with Crippen molar-refractivity contribution in [3.63, 3.8) is 0 Å². The Morgan fingerprint density at radius 3 is 2.73 bits per heavy atom. The van der Waals surface area contributed by atoms with Gasteiger partial charge in [0.1, 0.15) is 11.5 Å². The fourth-order valence-electron chi connectivity index (χ4n) is 1.57. The lowest BCUT2D eigenvalue weighted by atomic mass is 10.1. The molecule has 86 valence electrons. The van der Waals surface area contributed by atoms with Crippen molar-refractivity contribution >= 4 is 0 Å². The number of nitrogens with two attached hydrogens (primary N) is 1. The lowest BCUT2D eigenvalue weighted by molar-refractivity contribution is 0.111. The van der Waals surface area contributed by atoms with E-state index in [2.05, 4.69) is 12.3 Å². The Morgan fingerprint density at radius 2 is 2.27 bits per heavy atom. The van der Waals surface area contributed by atoms with Crippen LogP contribution in [0.15, 0.2) is 10.5 Å². The van der Waals surface area contributed by atoms with E-state index in [1.807, 2.05) is 19.9 Å². The number of ether oxygens (including phenoxy) is 1. The Hall–Kier alpha value is -0.840. The zero-order valence-electron chi connectivity index (χ0n) is 9.67. The van der Waals surface area contributed by atoms with Crippen molar-refractivity contribution in [2.24, 2.45) is 5.84 Å². The summed E-state index contributed by atoms with van der Waals surface area (Å²) in [5, 5.41) is 0. The van der Waals surface area contributed by atoms with E-state index >= 15 is 0 Å². The third-order valence-corrected chi connectivity index (χ3v) is 2.29. The molecule has 0 bridgehead atoms. The minimum Gasteiger partial charge on any atom is -0.466 e. The van der Waals surface area contributed by atoms with Crippen LogP contribution >= 0.6 is 0 Å². The quantitative estimate of drug-likeness (QED) is 0.429. The molecular formula is C11H20N2O2. The molecule has 0 amide bonds. The molecule has 4 nitrogen and oxygen atoms in total. The summed E-state index contributed by atoms with van der Waals surface area (Å²) < 4.78 is 10.9. The average Bonchev–Trinajstić information content (AvgIpc) is 2.53. The molecule has 0 aromatic carbocycles. The van der Waals surface area contributed by atoms with Crippen molar-refractivity contribution in [3.05, 3.63) is 23.2 Å². The molecule has 0 spiro atoms. The summed E-state index contributed by atoms with van der Waals surface area (Å²) in [6, 6.07) is 2.00. The molecule has 4 heteroatoms. The normalized spacial score (nSPS) is 13.1. The standard InChI is InChI=1S/C11H20N2O2/c1-4-5-14-7-11(13-12)10-6-8(2)15-9(10)3/h6,11,13H,4-5,7,12H2,1-3H3. The van der Waals surface area contributed by atoms with Gasteiger partial charge in [-0.25, -0.2) is 0 Å². The number of furan rings is 1. The van der Waals surface area contributed by atoms with Gasteiger partial charge in [-0.05, 0) is 26.3 Å². The molecule has 1 unspecified atom stereocenters. The Kier molecular flexibility index (Phi) is 4.81. The molecule has 0 aliphatic heterocycles. The first-order chi connectivity index (χ1) is 7.19. The van der Waals surface area contributed by atoms with Crippen LogP contribution < -0.4 is 11.3 Å². The van der Waals surface area contributed by atoms with Crippen LogP contribution in [0.2, 0.25) is 0 Å². The maximum absolute atomic E-state index is 5.49. The van der Waals surface area contributed by atoms with E-state index in [1.165, 1.54) is 0 Å². The predicted octanol–water partition coefficient (Wildman–Crippen LogP) is 1.83. The zero-order chi connectivity index (χ0) is 11.3. The number of hydrazine groups is 1. The van der Waals surface area contributed by atoms with Crippen molar-refractivity contribution in [2.45, 2.75) is 33.2 Å². The third-order valence-electron chi connectivity index (χ3n) is 2.29. The van der Waals surface area contributed by atoms with Gasteiger partial charge in [-0.15, -0.1) is 0 Å². The van der Waals surface area contributed by atoms with Crippen LogP contribution in [0.1, 0.15) is 36.5 Å². The van der Waals surface area contributed by atoms with E-state index in [1.54, 1.807) is 0 Å². The van der Waals surface area contributed by atoms with E-state index in [4.69, 9.17) is 15.0 Å². The molecule has 15 heavy (non-hydrogen) atoms. The van der Waals surface area contributed by atoms with Gasteiger partial charge in [-0.3, -0.25) is 11.3 Å². The second kappa shape index (κ2) is 5.90. The maximum Gasteiger partial charge on any atom is 0.105 e. The monoisotopic (exact) mass is 212 g/mol. The topological polar surface area (TPSA) is 60.4 Å². The first-order valence-corrected chi connectivity index (χ1v) is 5.29. The van der Waals surface area contributed by atoms with Gasteiger partial charge < -0.3 is 9.15 Å². The van der Waals surface area contributed by atoms with E-state index in [0.717, 1.165) is 30.1 Å². The van der Waals surface area contributed by atoms with E-state index < -0.39 is 0 Å². The summed E-state index contributed by atoms with van der Waals surface area (Å²) in [6.45, 7) is 7.28. The maximum atomic E-state index is 5.49. The van der Waals surface area contributed by atoms with Crippen LogP contribution in [0.3, 0.4) is 0 Å². The van der Waals surface area contributed by atoms with Crippen molar-refractivity contribution in [1.29, 1.82) is 0 Å². The summed E-state index contributed by atoms with van der Waals surface area (Å²) in [4.78, 5) is 0. The fourth-order valence-corrected chi connectivity index (χ4v) is 1.57. The van der Waals surface area contributed by atoms with Crippen LogP contribution in [0.25, 0.3) is 0 Å². The van der Waals surface area contributed by atoms with Gasteiger partial charge in [0.25, 0.3) is 0 Å². The first-order valence-electron chi connectivity index (χ1n) is 5.29. The lowest BCUT2D eigenvalue weighted by Crippen LogP contribution is -2.31. The highest BCUT2D eigenvalue weighted by Crippen LogP contribution is 2.21. The van der Waals surface area contributed by atoms with Gasteiger partial charge in [0.05, 0.1) is 12.6 Å². The molecule has 0 radical (unpaired) electrons. The highest BCUT2D eigenvalue weighted by atomic mass is 16.5. The molecular weight excluding hydrogens is 192 g/mol. The molecule has 1 heterocycles. The Morgan fingerprint density at radius 1 is 1.53 bits per heavy atom. The van der Waals surface area contributed by atoms with Crippen LogP contribution in [-0.4, -0.2) is 13.2 Å². The van der Waals surface area contributed by atoms with Gasteiger partial charge in [0.15, 0.2) is 0 Å². The van der Waals surface area contributed by atoms with Gasteiger partial charge in [0, 0.05) is 12.2 Å². The third kappa shape index (κ3) is 3.34. The number of hydrogen-bond donors (Lipinski definition) is 2. The summed E-state index contributed by atoms with van der Waals surface area (Å²) in [7, 11) is 0. The minimum absolute atomic E-state index is 0.00833. The molecule has 0 aliphatic rings. The molecule has 1 aromatic rings. The summed E-state index contributed by atoms with van der Waals surface area (Å²) in [5.41, 5.74) is 3.82. The molecule has 1 atom stereocenters. The average molecular weight is 212 g/mol. The van der Waals surface area contributed by atoms with Crippen LogP contribution in [0.4, 0.5) is 0 Å². The van der Waals surface area contributed by atoms with Crippen molar-refractivity contribution < 1.29 is 9.15 Å². The zero-order valence-corrected chi connectivity index (χ0v) is 9.67. The highest BCUT2D eigenvalue weighted by molar-refractivity contribution is 5.23. The number of rotatable bonds is 6. The Labute approximate surface area is 90.8 Å². The van der Waals surface area contributed by atoms with Crippen molar-refractivity contribution in [2.75, 3.05) is 13.2 Å².